The number of nitrogens with one attached hydrogen (secondary N) is 3. The summed E-state index contributed by atoms with van der Waals surface area (Å²) < 4.78 is 12.2. The maximum absolute atomic E-state index is 14.2. The van der Waals surface area contributed by atoms with Gasteiger partial charge in [-0.3, -0.25) is 24.1 Å². The van der Waals surface area contributed by atoms with Gasteiger partial charge in [-0.25, -0.2) is 9.97 Å². The molecule has 2 aromatic carbocycles. The minimum absolute atomic E-state index is 0.0114. The van der Waals surface area contributed by atoms with E-state index in [1.54, 1.807) is 36.0 Å². The lowest BCUT2D eigenvalue weighted by molar-refractivity contribution is -0.164. The Bertz CT molecular complexity index is 2640. The molecule has 6 atom stereocenters. The fourth-order valence-corrected chi connectivity index (χ4v) is 12.2. The average Bonchev–Trinajstić information content (AvgIpc) is 3.96. The number of ether oxygens (including phenoxy) is 2. The molecule has 0 radical (unpaired) electrons. The molecule has 4 amide bonds. The number of aliphatic hydroxyl groups excluding tert-OH is 2. The third-order valence-electron chi connectivity index (χ3n) is 14.6. The third-order valence-corrected chi connectivity index (χ3v) is 15.9. The molecule has 3 aliphatic rings. The first-order valence-corrected chi connectivity index (χ1v) is 26.1. The maximum atomic E-state index is 14.2. The number of nitrogens with zero attached hydrogens (tertiary/aromatic N) is 6. The molecule has 0 spiro atoms. The van der Waals surface area contributed by atoms with Crippen molar-refractivity contribution in [1.82, 2.24) is 35.7 Å². The lowest BCUT2D eigenvalue weighted by Gasteiger charge is -2.63. The van der Waals surface area contributed by atoms with Gasteiger partial charge >= 0.3 is 0 Å². The molecule has 0 bridgehead atoms. The number of pyridine rings is 1. The number of piperazine rings is 1. The van der Waals surface area contributed by atoms with Gasteiger partial charge in [-0.2, -0.15) is 5.26 Å². The lowest BCUT2D eigenvalue weighted by atomic mass is 9.49. The maximum Gasteiger partial charge on any atom is 0.253 e. The standard InChI is InChI=1S/C54H70ClN9O8S/c1-31-25-62(26-32(2)64(31)43-18-16-37(24-57-43)47(68)61-50-53(7,8)51(54(50,9)10)72-39-17-15-36(23-56)40(55)22-39)19-20-71-29-44(67)60-46(52(4,5)6)49(70)63-27-38(66)21-42(63)48(69)59-41(28-65)34-11-13-35(14-12-34)45-33(3)58-30-73-45/h11-18,22,24,30-32,38,41-42,46,50-51,65-66H,19-21,25-29H2,1-10H3,(H,59,69)(H,60,67)(H,61,68)/t31-,32+,38-,41+,42+,46?,50?,51?/m1/s1. The van der Waals surface area contributed by atoms with Crippen molar-refractivity contribution in [1.29, 1.82) is 5.26 Å². The van der Waals surface area contributed by atoms with Gasteiger partial charge in [0.25, 0.3) is 5.91 Å². The van der Waals surface area contributed by atoms with E-state index < -0.39 is 58.2 Å². The number of likely N-dealkylation sites (tertiary alicyclic amines) is 1. The molecular formula is C54H70ClN9O8S. The predicted octanol–water partition coefficient (Wildman–Crippen LogP) is 5.91. The molecule has 17 nitrogen and oxygen atoms in total. The molecule has 1 unspecified atom stereocenters. The lowest BCUT2D eigenvalue weighted by Crippen LogP contribution is -2.74. The number of carbonyl (C=O) groups excluding carboxylic acids is 4. The summed E-state index contributed by atoms with van der Waals surface area (Å²) in [6.07, 6.45) is 0.445. The van der Waals surface area contributed by atoms with E-state index in [1.165, 1.54) is 16.2 Å². The first kappa shape index (κ1) is 55.1. The number of aromatic nitrogens is 2. The van der Waals surface area contributed by atoms with Gasteiger partial charge in [0.05, 0.1) is 57.6 Å². The minimum atomic E-state index is -1.02. The van der Waals surface area contributed by atoms with E-state index in [4.69, 9.17) is 26.1 Å². The van der Waals surface area contributed by atoms with E-state index >= 15 is 0 Å². The molecule has 2 saturated heterocycles. The number of aryl methyl sites for hydroxylation is 1. The van der Waals surface area contributed by atoms with Crippen molar-refractivity contribution in [2.45, 2.75) is 124 Å². The van der Waals surface area contributed by atoms with Crippen LogP contribution in [0.3, 0.4) is 0 Å². The normalized spacial score (nSPS) is 23.4. The summed E-state index contributed by atoms with van der Waals surface area (Å²) in [7, 11) is 0. The molecule has 3 fully saturated rings. The van der Waals surface area contributed by atoms with Gasteiger partial charge in [0, 0.05) is 73.8 Å². The number of aliphatic hydroxyl groups is 2. The fourth-order valence-electron chi connectivity index (χ4n) is 11.2. The van der Waals surface area contributed by atoms with Crippen LogP contribution in [0.25, 0.3) is 10.4 Å². The quantitative estimate of drug-likeness (QED) is 0.0778. The van der Waals surface area contributed by atoms with Crippen LogP contribution in [0.1, 0.15) is 102 Å². The summed E-state index contributed by atoms with van der Waals surface area (Å²) in [6.45, 7) is 21.4. The number of nitriles is 1. The van der Waals surface area contributed by atoms with E-state index in [1.807, 2.05) is 58.0 Å². The van der Waals surface area contributed by atoms with Crippen molar-refractivity contribution in [3.8, 4) is 22.3 Å². The van der Waals surface area contributed by atoms with Crippen LogP contribution in [0.2, 0.25) is 5.02 Å². The highest BCUT2D eigenvalue weighted by atomic mass is 35.5. The molecule has 7 rings (SSSR count). The number of thiazole rings is 1. The third kappa shape index (κ3) is 12.1. The Morgan fingerprint density at radius 3 is 2.23 bits per heavy atom. The number of carbonyl (C=O) groups is 4. The second-order valence-corrected chi connectivity index (χ2v) is 23.3. The van der Waals surface area contributed by atoms with E-state index in [9.17, 15) is 34.7 Å². The summed E-state index contributed by atoms with van der Waals surface area (Å²) >= 11 is 7.80. The van der Waals surface area contributed by atoms with Gasteiger partial charge in [-0.1, -0.05) is 84.3 Å². The molecule has 4 aromatic rings. The van der Waals surface area contributed by atoms with Crippen LogP contribution in [0, 0.1) is 34.5 Å². The summed E-state index contributed by atoms with van der Waals surface area (Å²) in [4.78, 5) is 70.9. The Kier molecular flexibility index (Phi) is 16.9. The van der Waals surface area contributed by atoms with Gasteiger partial charge in [-0.15, -0.1) is 11.3 Å². The number of β-amino-alcohol motifs (C(OH)–C–C–N with tert-alkyl or cyclic N) is 1. The molecule has 1 saturated carbocycles. The zero-order valence-electron chi connectivity index (χ0n) is 43.4. The zero-order chi connectivity index (χ0) is 53.2. The molecule has 392 valence electrons. The number of hydrogen-bond donors (Lipinski definition) is 5. The number of halogens is 1. The minimum Gasteiger partial charge on any atom is -0.489 e. The van der Waals surface area contributed by atoms with E-state index in [0.29, 0.717) is 47.1 Å². The Hall–Kier alpha value is -5.68. The Morgan fingerprint density at radius 2 is 1.66 bits per heavy atom. The molecule has 2 aliphatic heterocycles. The first-order valence-electron chi connectivity index (χ1n) is 24.9. The Morgan fingerprint density at radius 1 is 0.973 bits per heavy atom. The monoisotopic (exact) mass is 1040 g/mol. The number of rotatable bonds is 17. The van der Waals surface area contributed by atoms with Crippen LogP contribution in [0.4, 0.5) is 5.82 Å². The highest BCUT2D eigenvalue weighted by molar-refractivity contribution is 7.13. The number of amides is 4. The summed E-state index contributed by atoms with van der Waals surface area (Å²) in [6, 6.07) is 15.4. The van der Waals surface area contributed by atoms with Crippen molar-refractivity contribution in [3.63, 3.8) is 0 Å². The fraction of sp³-hybridized carbons (Fsp3) is 0.537. The van der Waals surface area contributed by atoms with Crippen LogP contribution in [0.5, 0.6) is 5.75 Å². The van der Waals surface area contributed by atoms with Crippen LogP contribution in [-0.4, -0.2) is 142 Å². The zero-order valence-corrected chi connectivity index (χ0v) is 45.0. The van der Waals surface area contributed by atoms with Gasteiger partial charge in [0.1, 0.15) is 42.4 Å². The van der Waals surface area contributed by atoms with Crippen molar-refractivity contribution >= 4 is 52.4 Å². The van der Waals surface area contributed by atoms with Crippen LogP contribution in [0.15, 0.2) is 66.3 Å². The predicted molar refractivity (Wildman–Crippen MR) is 280 cm³/mol. The van der Waals surface area contributed by atoms with Crippen LogP contribution in [-0.2, 0) is 19.1 Å². The molecule has 5 N–H and O–H groups in total. The topological polar surface area (TPSA) is 223 Å². The Balaban J connectivity index is 0.866. The van der Waals surface area contributed by atoms with E-state index in [-0.39, 0.29) is 62.9 Å². The number of benzene rings is 2. The molecule has 4 heterocycles. The SMILES string of the molecule is Cc1ncsc1-c1ccc([C@H](CO)NC(=O)[C@@H]2C[C@@H](O)CN2C(=O)C(NC(=O)COCCN2C[C@@H](C)N(c3ccc(C(=O)NC4C(C)(C)C(Oc5ccc(C#N)c(Cl)c5)C4(C)C)cn3)[C@@H](C)C2)C(C)(C)C)cc1. The number of anilines is 1. The second kappa shape index (κ2) is 22.4. The summed E-state index contributed by atoms with van der Waals surface area (Å²) in [5.74, 6) is -0.382. The summed E-state index contributed by atoms with van der Waals surface area (Å²) in [5, 5.41) is 39.6. The first-order chi connectivity index (χ1) is 34.4. The Labute approximate surface area is 437 Å². The van der Waals surface area contributed by atoms with E-state index in [2.05, 4.69) is 78.3 Å². The molecule has 19 heteroatoms. The van der Waals surface area contributed by atoms with Crippen LogP contribution >= 0.6 is 22.9 Å². The molecule has 1 aliphatic carbocycles. The van der Waals surface area contributed by atoms with Gasteiger partial charge in [0.2, 0.25) is 17.7 Å². The molecule has 73 heavy (non-hydrogen) atoms. The van der Waals surface area contributed by atoms with Crippen molar-refractivity contribution in [2.75, 3.05) is 50.9 Å². The second-order valence-electron chi connectivity index (χ2n) is 22.0. The average molecular weight is 1040 g/mol. The van der Waals surface area contributed by atoms with Crippen molar-refractivity contribution < 1.29 is 38.9 Å². The van der Waals surface area contributed by atoms with Gasteiger partial charge in [-0.05, 0) is 61.6 Å². The number of hydrogen-bond acceptors (Lipinski definition) is 14. The highest BCUT2D eigenvalue weighted by Crippen LogP contribution is 2.55. The van der Waals surface area contributed by atoms with Crippen LogP contribution < -0.4 is 25.6 Å². The largest absolute Gasteiger partial charge is 0.489 e. The smallest absolute Gasteiger partial charge is 0.253 e. The van der Waals surface area contributed by atoms with Crippen molar-refractivity contribution in [3.05, 3.63) is 93.7 Å². The molecule has 2 aromatic heterocycles. The summed E-state index contributed by atoms with van der Waals surface area (Å²) in [5.41, 5.74) is 3.60. The van der Waals surface area contributed by atoms with Gasteiger partial charge in [0.15, 0.2) is 0 Å². The van der Waals surface area contributed by atoms with Crippen molar-refractivity contribution in [2.24, 2.45) is 16.2 Å². The molecular weight excluding hydrogens is 970 g/mol. The van der Waals surface area contributed by atoms with E-state index in [0.717, 1.165) is 22.0 Å². The highest BCUT2D eigenvalue weighted by Gasteiger charge is 2.64. The van der Waals surface area contributed by atoms with Gasteiger partial charge < -0.3 is 45.4 Å².